The van der Waals surface area contributed by atoms with Crippen LogP contribution in [0.1, 0.15) is 166 Å². The highest BCUT2D eigenvalue weighted by atomic mass is 32.1. The number of hydrogen-bond acceptors (Lipinski definition) is 20. The Balaban J connectivity index is 0.000000154. The molecule has 0 radical (unpaired) electrons. The number of carbonyl (C=O) groups excluding carboxylic acids is 4. The Bertz CT molecular complexity index is 5810. The van der Waals surface area contributed by atoms with Gasteiger partial charge in [0.25, 0.3) is 17.9 Å². The Morgan fingerprint density at radius 2 is 1.02 bits per heavy atom. The Morgan fingerprint density at radius 1 is 0.563 bits per heavy atom. The number of aryl methyl sites for hydroxylation is 2. The summed E-state index contributed by atoms with van der Waals surface area (Å²) in [5.74, 6) is -6.13. The summed E-state index contributed by atoms with van der Waals surface area (Å²) in [6.07, 6.45) is 1.02. The monoisotopic (exact) mass is 1750 g/mol. The lowest BCUT2D eigenvalue weighted by molar-refractivity contribution is -0.134. The molecule has 11 N–H and O–H groups in total. The number of benzene rings is 8. The van der Waals surface area contributed by atoms with E-state index < -0.39 is 51.4 Å². The number of fused-ring (bicyclic) bond motifs is 1. The first-order valence-corrected chi connectivity index (χ1v) is 42.6. The van der Waals surface area contributed by atoms with Crippen LogP contribution in [0.3, 0.4) is 0 Å². The number of likely N-dealkylation sites (N-methyl/N-ethyl adjacent to an activating group) is 2. The molecule has 8 aromatic carbocycles. The van der Waals surface area contributed by atoms with Crippen LogP contribution in [-0.2, 0) is 63.5 Å². The number of halogens is 4. The molecule has 15 rings (SSSR count). The number of nitrogens with zero attached hydrogens (tertiary/aromatic N) is 10. The zero-order valence-electron chi connectivity index (χ0n) is 73.7. The number of nitriles is 2. The fraction of sp³-hybridized carbons (Fsp3) is 0.330. The van der Waals surface area contributed by atoms with Crippen molar-refractivity contribution < 1.29 is 46.2 Å². The molecular formula is C97H107F4N17O6S2. The molecule has 0 spiro atoms. The quantitative estimate of drug-likeness (QED) is 0.0469. The molecule has 7 heterocycles. The van der Waals surface area contributed by atoms with Gasteiger partial charge in [-0.05, 0) is 192 Å². The van der Waals surface area contributed by atoms with Gasteiger partial charge in [-0.15, -0.1) is 22.7 Å². The summed E-state index contributed by atoms with van der Waals surface area (Å²) in [6, 6.07) is 63.3. The van der Waals surface area contributed by atoms with E-state index in [1.54, 1.807) is 94.4 Å². The molecule has 23 nitrogen and oxygen atoms in total. The maximum atomic E-state index is 13.6. The van der Waals surface area contributed by atoms with E-state index in [2.05, 4.69) is 105 Å². The molecule has 10 aromatic rings. The molecule has 1 saturated heterocycles. The molecular weight excluding hydrogens is 1640 g/mol. The van der Waals surface area contributed by atoms with Crippen LogP contribution in [0.25, 0.3) is 32.3 Å². The number of ether oxygens (including phenoxy) is 2. The predicted octanol–water partition coefficient (Wildman–Crippen LogP) is 16.5. The Labute approximate surface area is 741 Å². The number of guanidine groups is 4. The largest absolute Gasteiger partial charge is 0.495 e. The average molecular weight is 1750 g/mol. The third-order valence-electron chi connectivity index (χ3n) is 23.4. The van der Waals surface area contributed by atoms with Gasteiger partial charge in [-0.25, -0.2) is 37.5 Å². The van der Waals surface area contributed by atoms with Crippen molar-refractivity contribution >= 4 is 86.2 Å². The lowest BCUT2D eigenvalue weighted by Gasteiger charge is -2.41. The molecule has 0 saturated carbocycles. The van der Waals surface area contributed by atoms with Crippen molar-refractivity contribution in [1.29, 1.82) is 10.5 Å². The molecule has 656 valence electrons. The Kier molecular flexibility index (Phi) is 27.8. The van der Waals surface area contributed by atoms with Crippen LogP contribution in [0.4, 0.5) is 17.6 Å². The van der Waals surface area contributed by atoms with Crippen LogP contribution in [0.15, 0.2) is 230 Å². The SMILES string of the molecule is CC1(c2cccc(-c3cccc(C#N)c3)c2)COC(N)=N1.CN1C(=O)C(CCNC(C)(C)C)[C@@](C)(c2cc(-c3cccc(C#N)c3)cs2)N=C1N.CN=C1NC(=O)C[C@@](C)(c2ccc3scc(OC)c3c2)N1.Cc1ccc([C@@]2(C)N=C(N)N(C)C(=O)[C@@H]2c2ccc(C(C)(F)F)cc2)cc1.Cc1ccc([C@@]2(C)N=C(N)N(C)C(=O)[C@H]2c2ccc(C(C)(F)F)cc2)cc1. The summed E-state index contributed by atoms with van der Waals surface area (Å²) in [4.78, 5) is 78.8. The number of thiophene rings is 2. The summed E-state index contributed by atoms with van der Waals surface area (Å²) < 4.78 is 66.1. The molecule has 2 aromatic heterocycles. The smallest absolute Gasteiger partial charge is 0.283 e. The first kappa shape index (κ1) is 93.6. The van der Waals surface area contributed by atoms with Crippen molar-refractivity contribution in [2.45, 2.75) is 153 Å². The van der Waals surface area contributed by atoms with Crippen molar-refractivity contribution in [1.82, 2.24) is 30.7 Å². The number of nitrogens with one attached hydrogen (secondary N) is 3. The van der Waals surface area contributed by atoms with Crippen LogP contribution in [-0.4, -0.2) is 122 Å². The van der Waals surface area contributed by atoms with E-state index in [4.69, 9.17) is 42.7 Å². The van der Waals surface area contributed by atoms with Crippen molar-refractivity contribution in [2.24, 2.45) is 53.8 Å². The lowest BCUT2D eigenvalue weighted by atomic mass is 9.74. The third kappa shape index (κ3) is 20.6. The molecule has 5 aliphatic heterocycles. The maximum absolute atomic E-state index is 13.6. The van der Waals surface area contributed by atoms with Gasteiger partial charge in [0.1, 0.15) is 34.5 Å². The zero-order chi connectivity index (χ0) is 92.0. The second-order valence-electron chi connectivity index (χ2n) is 34.1. The number of amides is 4. The van der Waals surface area contributed by atoms with Crippen LogP contribution in [0.2, 0.25) is 0 Å². The van der Waals surface area contributed by atoms with Crippen LogP contribution < -0.4 is 43.6 Å². The molecule has 1 fully saturated rings. The summed E-state index contributed by atoms with van der Waals surface area (Å²) in [5.41, 5.74) is 32.5. The van der Waals surface area contributed by atoms with E-state index in [9.17, 15) is 42.0 Å². The van der Waals surface area contributed by atoms with Gasteiger partial charge in [-0.1, -0.05) is 157 Å². The lowest BCUT2D eigenvalue weighted by Crippen LogP contribution is -2.58. The van der Waals surface area contributed by atoms with Crippen molar-refractivity contribution in [3.8, 4) is 40.1 Å². The third-order valence-corrected chi connectivity index (χ3v) is 25.5. The van der Waals surface area contributed by atoms with Gasteiger partial charge in [-0.3, -0.25) is 44.2 Å². The first-order chi connectivity index (χ1) is 59.3. The summed E-state index contributed by atoms with van der Waals surface area (Å²) in [5, 5.41) is 32.8. The summed E-state index contributed by atoms with van der Waals surface area (Å²) >= 11 is 3.22. The van der Waals surface area contributed by atoms with Gasteiger partial charge in [-0.2, -0.15) is 10.5 Å². The topological polar surface area (TPSA) is 346 Å². The molecule has 29 heteroatoms. The minimum absolute atomic E-state index is 0.0119. The van der Waals surface area contributed by atoms with Gasteiger partial charge in [0, 0.05) is 79.0 Å². The minimum atomic E-state index is -2.94. The second-order valence-corrected chi connectivity index (χ2v) is 36.0. The fourth-order valence-electron chi connectivity index (χ4n) is 15.8. The Morgan fingerprint density at radius 3 is 1.48 bits per heavy atom. The molecule has 2 unspecified atom stereocenters. The molecule has 8 atom stereocenters. The number of methoxy groups -OCH3 is 1. The summed E-state index contributed by atoms with van der Waals surface area (Å²) in [6.45, 7) is 22.8. The number of alkyl halides is 4. The van der Waals surface area contributed by atoms with E-state index >= 15 is 0 Å². The fourth-order valence-corrected chi connectivity index (χ4v) is 17.8. The van der Waals surface area contributed by atoms with E-state index in [-0.39, 0.29) is 70.1 Å². The highest BCUT2D eigenvalue weighted by molar-refractivity contribution is 7.17. The number of nitrogens with two attached hydrogens (primary N) is 4. The number of rotatable bonds is 15. The zero-order valence-corrected chi connectivity index (χ0v) is 75.4. The van der Waals surface area contributed by atoms with E-state index in [1.807, 2.05) is 157 Å². The number of hydrogen-bond donors (Lipinski definition) is 7. The first-order valence-electron chi connectivity index (χ1n) is 40.8. The normalized spacial score (nSPS) is 22.6. The standard InChI is InChI=1S/C23H29N5OS.2C21H23F2N3O.C17H15N3O.C15H17N3O2S/c1-22(2,3)26-10-9-18-20(29)28(5)21(25)27-23(18,4)19-12-17(14-30-19)16-8-6-7-15(11-16)13-24;2*1-13-5-9-15(10-6-13)20(2)17(18(27)26(4)19(24)25-20)14-7-11-16(12-8-14)21(3,22)23;1-17(11-21-16(19)20-17)15-7-3-6-14(9-15)13-5-2-4-12(8-13)10-18;1-15(7-13(19)17-14(16-2)18-15)9-4-5-12-10(6-9)11(20-3)8-21-12/h6-8,11-12,14,18,26H,9-10H2,1-5H3,(H2,25,27);2*5-12,17H,1-4H3,(H2,24,25);2-9H,11H2,1H3,(H2,19,20);4-6,8H,7H2,1-3H3,(H2,16,17,18,19)/t18?,23-;17-,20+;17-,20-;;15-/m001.0/s1. The van der Waals surface area contributed by atoms with E-state index in [0.29, 0.717) is 54.2 Å². The molecule has 5 aliphatic rings. The molecule has 4 amide bonds. The number of carbonyl (C=O) groups is 4. The predicted molar refractivity (Wildman–Crippen MR) is 492 cm³/mol. The van der Waals surface area contributed by atoms with Crippen molar-refractivity contribution in [3.05, 3.63) is 277 Å². The average Bonchev–Trinajstić information content (AvgIpc) is 1.32. The van der Waals surface area contributed by atoms with Crippen molar-refractivity contribution in [3.63, 3.8) is 0 Å². The van der Waals surface area contributed by atoms with Gasteiger partial charge in [0.2, 0.25) is 23.6 Å². The van der Waals surface area contributed by atoms with Gasteiger partial charge >= 0.3 is 0 Å². The summed E-state index contributed by atoms with van der Waals surface area (Å²) in [7, 11) is 8.14. The van der Waals surface area contributed by atoms with Gasteiger partial charge < -0.3 is 43.0 Å². The van der Waals surface area contributed by atoms with Gasteiger partial charge in [0.05, 0.1) is 60.1 Å². The second kappa shape index (κ2) is 37.4. The van der Waals surface area contributed by atoms with Gasteiger partial charge in [0.15, 0.2) is 23.8 Å². The number of amidine groups is 1. The van der Waals surface area contributed by atoms with Crippen LogP contribution >= 0.6 is 22.7 Å². The minimum Gasteiger partial charge on any atom is -0.495 e. The van der Waals surface area contributed by atoms with E-state index in [1.165, 1.54) is 43.7 Å². The van der Waals surface area contributed by atoms with Crippen molar-refractivity contribution in [2.75, 3.05) is 48.5 Å². The Hall–Kier alpha value is -13.1. The van der Waals surface area contributed by atoms with Crippen LogP contribution in [0.5, 0.6) is 5.75 Å². The molecule has 126 heavy (non-hydrogen) atoms. The molecule has 0 aliphatic carbocycles. The van der Waals surface area contributed by atoms with Crippen LogP contribution in [0, 0.1) is 42.4 Å². The van der Waals surface area contributed by atoms with E-state index in [0.717, 1.165) is 85.5 Å². The maximum Gasteiger partial charge on any atom is 0.283 e. The highest BCUT2D eigenvalue weighted by Gasteiger charge is 2.51. The highest BCUT2D eigenvalue weighted by Crippen LogP contribution is 2.49. The molecule has 0 bridgehead atoms. The number of aliphatic imine (C=N–C) groups is 5.